The standard InChI is InChI=1S/C23H22BrN3O3S/c1-17(20-9-6-10-21(24)15-20)25-26-23(28)19-11-13-22(14-12-19)27(31(2,29)30)16-18-7-4-3-5-8-18/h3-15H,16H2,1-2H3,(H,26,28)/b25-17-. The van der Waals surface area contributed by atoms with Crippen LogP contribution in [0.3, 0.4) is 0 Å². The summed E-state index contributed by atoms with van der Waals surface area (Å²) in [6, 6.07) is 23.3. The highest BCUT2D eigenvalue weighted by molar-refractivity contribution is 9.10. The molecule has 1 N–H and O–H groups in total. The molecule has 0 aliphatic heterocycles. The van der Waals surface area contributed by atoms with Gasteiger partial charge in [0.15, 0.2) is 0 Å². The third kappa shape index (κ3) is 6.26. The van der Waals surface area contributed by atoms with Gasteiger partial charge in [0.1, 0.15) is 0 Å². The zero-order valence-electron chi connectivity index (χ0n) is 17.1. The number of hydrogen-bond acceptors (Lipinski definition) is 4. The van der Waals surface area contributed by atoms with E-state index in [9.17, 15) is 13.2 Å². The molecule has 0 bridgehead atoms. The minimum atomic E-state index is -3.50. The van der Waals surface area contributed by atoms with Crippen molar-refractivity contribution in [2.75, 3.05) is 10.6 Å². The monoisotopic (exact) mass is 499 g/mol. The Bertz CT molecular complexity index is 1190. The van der Waals surface area contributed by atoms with Gasteiger partial charge in [-0.2, -0.15) is 5.10 Å². The van der Waals surface area contributed by atoms with E-state index in [1.807, 2.05) is 54.6 Å². The Morgan fingerprint density at radius 1 is 0.968 bits per heavy atom. The molecule has 0 saturated heterocycles. The van der Waals surface area contributed by atoms with Crippen LogP contribution < -0.4 is 9.73 Å². The molecule has 0 unspecified atom stereocenters. The molecule has 160 valence electrons. The van der Waals surface area contributed by atoms with E-state index in [0.717, 1.165) is 21.9 Å². The molecule has 31 heavy (non-hydrogen) atoms. The highest BCUT2D eigenvalue weighted by Crippen LogP contribution is 2.21. The van der Waals surface area contributed by atoms with Gasteiger partial charge in [-0.3, -0.25) is 9.10 Å². The molecular formula is C23H22BrN3O3S. The van der Waals surface area contributed by atoms with Crippen molar-refractivity contribution in [2.24, 2.45) is 5.10 Å². The van der Waals surface area contributed by atoms with E-state index in [1.54, 1.807) is 31.2 Å². The highest BCUT2D eigenvalue weighted by Gasteiger charge is 2.18. The maximum atomic E-state index is 12.5. The summed E-state index contributed by atoms with van der Waals surface area (Å²) in [5, 5.41) is 4.15. The van der Waals surface area contributed by atoms with Crippen LogP contribution in [0.1, 0.15) is 28.4 Å². The number of sulfonamides is 1. The van der Waals surface area contributed by atoms with Crippen LogP contribution in [0.25, 0.3) is 0 Å². The van der Waals surface area contributed by atoms with Gasteiger partial charge in [0.25, 0.3) is 5.91 Å². The second-order valence-corrected chi connectivity index (χ2v) is 9.77. The first-order valence-electron chi connectivity index (χ1n) is 9.46. The van der Waals surface area contributed by atoms with Crippen LogP contribution in [0.5, 0.6) is 0 Å². The molecule has 0 spiro atoms. The molecule has 3 aromatic rings. The molecule has 0 aliphatic rings. The summed E-state index contributed by atoms with van der Waals surface area (Å²) in [5.41, 5.74) is 5.81. The normalized spacial score (nSPS) is 11.8. The zero-order chi connectivity index (χ0) is 22.4. The van der Waals surface area contributed by atoms with Gasteiger partial charge in [-0.25, -0.2) is 13.8 Å². The molecule has 8 heteroatoms. The molecule has 0 fully saturated rings. The van der Waals surface area contributed by atoms with E-state index in [4.69, 9.17) is 0 Å². The van der Waals surface area contributed by atoms with E-state index >= 15 is 0 Å². The minimum absolute atomic E-state index is 0.210. The number of benzene rings is 3. The van der Waals surface area contributed by atoms with Crippen LogP contribution in [0.2, 0.25) is 0 Å². The summed E-state index contributed by atoms with van der Waals surface area (Å²) in [5.74, 6) is -0.380. The lowest BCUT2D eigenvalue weighted by Gasteiger charge is -2.22. The number of nitrogens with one attached hydrogen (secondary N) is 1. The average molecular weight is 500 g/mol. The number of hydrazone groups is 1. The van der Waals surface area contributed by atoms with Crippen LogP contribution in [0.15, 0.2) is 88.4 Å². The molecule has 0 heterocycles. The first kappa shape index (κ1) is 22.7. The van der Waals surface area contributed by atoms with E-state index < -0.39 is 10.0 Å². The SMILES string of the molecule is C/C(=N/NC(=O)c1ccc(N(Cc2ccccc2)S(C)(=O)=O)cc1)c1cccc(Br)c1. The van der Waals surface area contributed by atoms with Crippen molar-refractivity contribution >= 4 is 43.3 Å². The number of hydrogen-bond donors (Lipinski definition) is 1. The van der Waals surface area contributed by atoms with E-state index in [2.05, 4.69) is 26.5 Å². The maximum Gasteiger partial charge on any atom is 0.271 e. The Kier molecular flexibility index (Phi) is 7.25. The Balaban J connectivity index is 1.74. The second-order valence-electron chi connectivity index (χ2n) is 6.95. The zero-order valence-corrected chi connectivity index (χ0v) is 19.5. The third-order valence-electron chi connectivity index (χ3n) is 4.55. The number of anilines is 1. The largest absolute Gasteiger partial charge is 0.271 e. The third-order valence-corrected chi connectivity index (χ3v) is 6.19. The summed E-state index contributed by atoms with van der Waals surface area (Å²) in [6.45, 7) is 2.01. The number of rotatable bonds is 7. The Morgan fingerprint density at radius 3 is 2.26 bits per heavy atom. The van der Waals surface area contributed by atoms with E-state index in [1.165, 1.54) is 4.31 Å². The molecule has 3 aromatic carbocycles. The number of carbonyl (C=O) groups is 1. The van der Waals surface area contributed by atoms with Crippen molar-refractivity contribution in [2.45, 2.75) is 13.5 Å². The number of carbonyl (C=O) groups excluding carboxylic acids is 1. The fraction of sp³-hybridized carbons (Fsp3) is 0.130. The van der Waals surface area contributed by atoms with Gasteiger partial charge in [0.2, 0.25) is 10.0 Å². The topological polar surface area (TPSA) is 78.8 Å². The first-order chi connectivity index (χ1) is 14.7. The van der Waals surface area contributed by atoms with Crippen LogP contribution in [0, 0.1) is 0 Å². The molecular weight excluding hydrogens is 478 g/mol. The Morgan fingerprint density at radius 2 is 1.65 bits per heavy atom. The van der Waals surface area contributed by atoms with Gasteiger partial charge in [0.05, 0.1) is 24.2 Å². The summed E-state index contributed by atoms with van der Waals surface area (Å²) in [6.07, 6.45) is 1.16. The molecule has 0 aromatic heterocycles. The number of nitrogens with zero attached hydrogens (tertiary/aromatic N) is 2. The van der Waals surface area contributed by atoms with Crippen LogP contribution >= 0.6 is 15.9 Å². The first-order valence-corrected chi connectivity index (χ1v) is 12.1. The molecule has 0 saturated carbocycles. The van der Waals surface area contributed by atoms with Gasteiger partial charge in [-0.1, -0.05) is 58.4 Å². The van der Waals surface area contributed by atoms with Crippen molar-refractivity contribution in [1.82, 2.24) is 5.43 Å². The summed E-state index contributed by atoms with van der Waals surface area (Å²) in [7, 11) is -3.50. The second kappa shape index (κ2) is 9.89. The Hall–Kier alpha value is -2.97. The fourth-order valence-corrected chi connectivity index (χ4v) is 4.19. The van der Waals surface area contributed by atoms with Crippen LogP contribution in [-0.2, 0) is 16.6 Å². The van der Waals surface area contributed by atoms with Crippen molar-refractivity contribution in [3.05, 3.63) is 100 Å². The molecule has 6 nitrogen and oxygen atoms in total. The van der Waals surface area contributed by atoms with Gasteiger partial charge < -0.3 is 0 Å². The Labute approximate surface area is 190 Å². The summed E-state index contributed by atoms with van der Waals surface area (Å²) < 4.78 is 26.9. The molecule has 0 aliphatic carbocycles. The smallest absolute Gasteiger partial charge is 0.267 e. The number of amides is 1. The number of halogens is 1. The fourth-order valence-electron chi connectivity index (χ4n) is 2.91. The van der Waals surface area contributed by atoms with Crippen molar-refractivity contribution in [3.63, 3.8) is 0 Å². The van der Waals surface area contributed by atoms with Crippen LogP contribution in [-0.4, -0.2) is 26.3 Å². The highest BCUT2D eigenvalue weighted by atomic mass is 79.9. The molecule has 1 amide bonds. The van der Waals surface area contributed by atoms with Gasteiger partial charge in [-0.15, -0.1) is 0 Å². The molecule has 0 atom stereocenters. The average Bonchev–Trinajstić information content (AvgIpc) is 2.75. The lowest BCUT2D eigenvalue weighted by atomic mass is 10.1. The minimum Gasteiger partial charge on any atom is -0.267 e. The van der Waals surface area contributed by atoms with Crippen molar-refractivity contribution in [1.29, 1.82) is 0 Å². The van der Waals surface area contributed by atoms with E-state index in [-0.39, 0.29) is 12.5 Å². The maximum absolute atomic E-state index is 12.5. The quantitative estimate of drug-likeness (QED) is 0.382. The van der Waals surface area contributed by atoms with E-state index in [0.29, 0.717) is 17.0 Å². The summed E-state index contributed by atoms with van der Waals surface area (Å²) >= 11 is 3.41. The lowest BCUT2D eigenvalue weighted by Crippen LogP contribution is -2.29. The molecule has 0 radical (unpaired) electrons. The molecule has 3 rings (SSSR count). The van der Waals surface area contributed by atoms with Gasteiger partial charge in [0, 0.05) is 10.0 Å². The van der Waals surface area contributed by atoms with Gasteiger partial charge in [-0.05, 0) is 54.4 Å². The predicted octanol–water partition coefficient (Wildman–Crippen LogP) is 4.57. The van der Waals surface area contributed by atoms with Gasteiger partial charge >= 0.3 is 0 Å². The van der Waals surface area contributed by atoms with Crippen molar-refractivity contribution < 1.29 is 13.2 Å². The van der Waals surface area contributed by atoms with Crippen LogP contribution in [0.4, 0.5) is 5.69 Å². The van der Waals surface area contributed by atoms with Crippen molar-refractivity contribution in [3.8, 4) is 0 Å². The summed E-state index contributed by atoms with van der Waals surface area (Å²) in [4.78, 5) is 12.5. The predicted molar refractivity (Wildman–Crippen MR) is 128 cm³/mol. The lowest BCUT2D eigenvalue weighted by molar-refractivity contribution is 0.0955.